The second-order valence-electron chi connectivity index (χ2n) is 3.93. The summed E-state index contributed by atoms with van der Waals surface area (Å²) in [5.41, 5.74) is 0.529. The summed E-state index contributed by atoms with van der Waals surface area (Å²) in [7, 11) is 1.46. The normalized spacial score (nSPS) is 11.5. The fraction of sp³-hybridized carbons (Fsp3) is 0.429. The first kappa shape index (κ1) is 15.0. The van der Waals surface area contributed by atoms with Crippen molar-refractivity contribution in [2.45, 2.75) is 20.0 Å². The Hall–Kier alpha value is -2.06. The van der Waals surface area contributed by atoms with E-state index in [1.54, 1.807) is 29.2 Å². The molecule has 0 saturated heterocycles. The largest absolute Gasteiger partial charge is 0.496 e. The van der Waals surface area contributed by atoms with Gasteiger partial charge in [-0.1, -0.05) is 12.1 Å². The van der Waals surface area contributed by atoms with Gasteiger partial charge in [0.05, 0.1) is 18.7 Å². The molecule has 0 fully saturated rings. The molecule has 0 aliphatic rings. The maximum Gasteiger partial charge on any atom is 0.258 e. The number of hydrogen-bond donors (Lipinski definition) is 1. The van der Waals surface area contributed by atoms with E-state index in [1.165, 1.54) is 7.11 Å². The summed E-state index contributed by atoms with van der Waals surface area (Å²) >= 11 is 0. The van der Waals surface area contributed by atoms with Crippen molar-refractivity contribution < 1.29 is 14.6 Å². The van der Waals surface area contributed by atoms with Crippen LogP contribution in [0.2, 0.25) is 0 Å². The molecule has 0 heterocycles. The highest BCUT2D eigenvalue weighted by Crippen LogP contribution is 2.28. The number of aliphatic hydroxyl groups is 1. The van der Waals surface area contributed by atoms with Crippen LogP contribution in [0.25, 0.3) is 0 Å². The molecule has 5 nitrogen and oxygen atoms in total. The summed E-state index contributed by atoms with van der Waals surface area (Å²) in [4.78, 5) is 14.1. The lowest BCUT2D eigenvalue weighted by atomic mass is 10.0. The van der Waals surface area contributed by atoms with Crippen LogP contribution in [0.15, 0.2) is 18.2 Å². The third-order valence-corrected chi connectivity index (χ3v) is 2.96. The molecule has 1 rings (SSSR count). The lowest BCUT2D eigenvalue weighted by Gasteiger charge is -2.22. The Labute approximate surface area is 113 Å². The zero-order chi connectivity index (χ0) is 14.4. The monoisotopic (exact) mass is 262 g/mol. The van der Waals surface area contributed by atoms with Crippen molar-refractivity contribution in [3.05, 3.63) is 29.3 Å². The minimum Gasteiger partial charge on any atom is -0.496 e. The third kappa shape index (κ3) is 3.04. The summed E-state index contributed by atoms with van der Waals surface area (Å²) in [6.07, 6.45) is -1.34. The zero-order valence-corrected chi connectivity index (χ0v) is 11.4. The zero-order valence-electron chi connectivity index (χ0n) is 11.4. The standard InChI is InChI=1S/C14H18N2O3/c1-4-16(5-2)14(18)13-10(11(17)9-15)7-6-8-12(13)19-3/h6-8,11,17H,4-5H2,1-3H3. The van der Waals surface area contributed by atoms with Gasteiger partial charge in [0.15, 0.2) is 6.10 Å². The lowest BCUT2D eigenvalue weighted by molar-refractivity contribution is 0.0764. The molecule has 1 N–H and O–H groups in total. The van der Waals surface area contributed by atoms with Gasteiger partial charge in [0.25, 0.3) is 5.91 Å². The van der Waals surface area contributed by atoms with Crippen LogP contribution in [0.3, 0.4) is 0 Å². The number of carbonyl (C=O) groups excluding carboxylic acids is 1. The summed E-state index contributed by atoms with van der Waals surface area (Å²) < 4.78 is 5.17. The summed E-state index contributed by atoms with van der Waals surface area (Å²) in [6.45, 7) is 4.85. The molecule has 0 spiro atoms. The van der Waals surface area contributed by atoms with E-state index in [9.17, 15) is 9.90 Å². The Bertz CT molecular complexity index is 490. The van der Waals surface area contributed by atoms with Crippen molar-refractivity contribution in [1.82, 2.24) is 4.90 Å². The van der Waals surface area contributed by atoms with Gasteiger partial charge in [0.2, 0.25) is 0 Å². The number of amides is 1. The number of nitrogens with zero attached hydrogens (tertiary/aromatic N) is 2. The Balaban J connectivity index is 3.38. The van der Waals surface area contributed by atoms with E-state index >= 15 is 0 Å². The molecule has 102 valence electrons. The van der Waals surface area contributed by atoms with Gasteiger partial charge >= 0.3 is 0 Å². The van der Waals surface area contributed by atoms with Crippen LogP contribution in [-0.4, -0.2) is 36.1 Å². The van der Waals surface area contributed by atoms with Gasteiger partial charge < -0.3 is 14.7 Å². The summed E-state index contributed by atoms with van der Waals surface area (Å²) in [6, 6.07) is 6.58. The smallest absolute Gasteiger partial charge is 0.258 e. The van der Waals surface area contributed by atoms with Gasteiger partial charge in [-0.2, -0.15) is 5.26 Å². The number of methoxy groups -OCH3 is 1. The number of carbonyl (C=O) groups is 1. The number of benzene rings is 1. The van der Waals surface area contributed by atoms with Crippen LogP contribution in [0, 0.1) is 11.3 Å². The van der Waals surface area contributed by atoms with Crippen LogP contribution < -0.4 is 4.74 Å². The van der Waals surface area contributed by atoms with Crippen molar-refractivity contribution in [1.29, 1.82) is 5.26 Å². The number of aliphatic hydroxyl groups excluding tert-OH is 1. The van der Waals surface area contributed by atoms with Crippen molar-refractivity contribution in [3.63, 3.8) is 0 Å². The predicted molar refractivity (Wildman–Crippen MR) is 70.8 cm³/mol. The van der Waals surface area contributed by atoms with Gasteiger partial charge in [0.1, 0.15) is 5.75 Å². The molecule has 0 aliphatic carbocycles. The third-order valence-electron chi connectivity index (χ3n) is 2.96. The topological polar surface area (TPSA) is 73.6 Å². The van der Waals surface area contributed by atoms with Crippen LogP contribution in [-0.2, 0) is 0 Å². The molecule has 0 radical (unpaired) electrons. The maximum absolute atomic E-state index is 12.5. The number of rotatable bonds is 5. The Morgan fingerprint density at radius 3 is 2.58 bits per heavy atom. The van der Waals surface area contributed by atoms with Gasteiger partial charge in [0, 0.05) is 18.7 Å². The van der Waals surface area contributed by atoms with E-state index in [-0.39, 0.29) is 17.0 Å². The minimum atomic E-state index is -1.34. The molecule has 0 bridgehead atoms. The molecule has 0 saturated carbocycles. The Morgan fingerprint density at radius 2 is 2.11 bits per heavy atom. The molecule has 5 heteroatoms. The van der Waals surface area contributed by atoms with Gasteiger partial charge in [-0.3, -0.25) is 4.79 Å². The first-order valence-electron chi connectivity index (χ1n) is 6.14. The van der Waals surface area contributed by atoms with Crippen molar-refractivity contribution in [2.75, 3.05) is 20.2 Å². The second kappa shape index (κ2) is 6.76. The van der Waals surface area contributed by atoms with Crippen molar-refractivity contribution in [3.8, 4) is 11.8 Å². The van der Waals surface area contributed by atoms with E-state index in [2.05, 4.69) is 0 Å². The van der Waals surface area contributed by atoms with E-state index in [0.717, 1.165) is 0 Å². The van der Waals surface area contributed by atoms with Crippen LogP contribution >= 0.6 is 0 Å². The first-order chi connectivity index (χ1) is 9.10. The quantitative estimate of drug-likeness (QED) is 0.820. The highest BCUT2D eigenvalue weighted by molar-refractivity contribution is 5.98. The molecule has 1 atom stereocenters. The fourth-order valence-corrected chi connectivity index (χ4v) is 1.91. The Kier molecular flexibility index (Phi) is 5.34. The molecule has 1 unspecified atom stereocenters. The molecule has 1 aromatic rings. The molecule has 1 amide bonds. The number of hydrogen-bond acceptors (Lipinski definition) is 4. The average molecular weight is 262 g/mol. The molecule has 0 aromatic heterocycles. The van der Waals surface area contributed by atoms with E-state index in [4.69, 9.17) is 10.00 Å². The molecule has 0 aliphatic heterocycles. The minimum absolute atomic E-state index is 0.244. The Morgan fingerprint density at radius 1 is 1.47 bits per heavy atom. The van der Waals surface area contributed by atoms with E-state index in [0.29, 0.717) is 18.8 Å². The van der Waals surface area contributed by atoms with E-state index < -0.39 is 6.10 Å². The van der Waals surface area contributed by atoms with Gasteiger partial charge in [-0.15, -0.1) is 0 Å². The molecule has 1 aromatic carbocycles. The number of nitriles is 1. The van der Waals surface area contributed by atoms with Crippen LogP contribution in [0.1, 0.15) is 35.9 Å². The SMILES string of the molecule is CCN(CC)C(=O)c1c(OC)cccc1C(O)C#N. The summed E-state index contributed by atoms with van der Waals surface area (Å²) in [5.74, 6) is 0.121. The first-order valence-corrected chi connectivity index (χ1v) is 6.14. The highest BCUT2D eigenvalue weighted by atomic mass is 16.5. The molecule has 19 heavy (non-hydrogen) atoms. The lowest BCUT2D eigenvalue weighted by Crippen LogP contribution is -2.31. The van der Waals surface area contributed by atoms with Crippen molar-refractivity contribution in [2.24, 2.45) is 0 Å². The fourth-order valence-electron chi connectivity index (χ4n) is 1.91. The molecular weight excluding hydrogens is 244 g/mol. The number of ether oxygens (including phenoxy) is 1. The van der Waals surface area contributed by atoms with Crippen molar-refractivity contribution >= 4 is 5.91 Å². The predicted octanol–water partition coefficient (Wildman–Crippen LogP) is 1.73. The second-order valence-corrected chi connectivity index (χ2v) is 3.93. The average Bonchev–Trinajstić information content (AvgIpc) is 2.46. The van der Waals surface area contributed by atoms with Crippen LogP contribution in [0.4, 0.5) is 0 Å². The molecular formula is C14H18N2O3. The summed E-state index contributed by atoms with van der Waals surface area (Å²) in [5, 5.41) is 18.6. The van der Waals surface area contributed by atoms with Crippen LogP contribution in [0.5, 0.6) is 5.75 Å². The maximum atomic E-state index is 12.5. The van der Waals surface area contributed by atoms with Gasteiger partial charge in [-0.05, 0) is 19.9 Å². The highest BCUT2D eigenvalue weighted by Gasteiger charge is 2.24. The van der Waals surface area contributed by atoms with E-state index in [1.807, 2.05) is 13.8 Å². The van der Waals surface area contributed by atoms with Gasteiger partial charge in [-0.25, -0.2) is 0 Å².